The molecule has 1 N–H and O–H groups in total. The Morgan fingerprint density at radius 3 is 2.52 bits per heavy atom. The van der Waals surface area contributed by atoms with Gasteiger partial charge in [-0.05, 0) is 37.1 Å². The standard InChI is InChI=1S/C21H27ClN2O4S/c1-4-8-16(2)23-21(25)15-24(14-17-9-6-5-7-10-17)29(26,27)20-13-18(22)11-12-19(20)28-3/h5-7,9-13,16H,4,8,14-15H2,1-3H3,(H,23,25)/t16-/m0/s1. The SMILES string of the molecule is CCC[C@H](C)NC(=O)CN(Cc1ccccc1)S(=O)(=O)c1cc(Cl)ccc1OC. The van der Waals surface area contributed by atoms with E-state index in [4.69, 9.17) is 16.3 Å². The maximum absolute atomic E-state index is 13.4. The van der Waals surface area contributed by atoms with Crippen molar-refractivity contribution in [1.82, 2.24) is 9.62 Å². The van der Waals surface area contributed by atoms with E-state index in [1.807, 2.05) is 44.2 Å². The zero-order valence-corrected chi connectivity index (χ0v) is 18.5. The highest BCUT2D eigenvalue weighted by Gasteiger charge is 2.30. The lowest BCUT2D eigenvalue weighted by atomic mass is 10.2. The maximum atomic E-state index is 13.4. The van der Waals surface area contributed by atoms with E-state index in [2.05, 4.69) is 5.32 Å². The number of hydrogen-bond acceptors (Lipinski definition) is 4. The molecule has 2 aromatic carbocycles. The van der Waals surface area contributed by atoms with Crippen LogP contribution < -0.4 is 10.1 Å². The van der Waals surface area contributed by atoms with Gasteiger partial charge in [-0.25, -0.2) is 8.42 Å². The molecule has 158 valence electrons. The third-order valence-corrected chi connectivity index (χ3v) is 6.44. The fourth-order valence-corrected chi connectivity index (χ4v) is 4.79. The van der Waals surface area contributed by atoms with Crippen LogP contribution in [-0.4, -0.2) is 38.3 Å². The van der Waals surface area contributed by atoms with Crippen LogP contribution in [-0.2, 0) is 21.4 Å². The molecule has 0 saturated heterocycles. The second-order valence-corrected chi connectivity index (χ2v) is 9.15. The van der Waals surface area contributed by atoms with Gasteiger partial charge in [-0.15, -0.1) is 0 Å². The Hall–Kier alpha value is -2.09. The second kappa shape index (κ2) is 10.6. The Morgan fingerprint density at radius 2 is 1.90 bits per heavy atom. The highest BCUT2D eigenvalue weighted by atomic mass is 35.5. The number of nitrogens with one attached hydrogen (secondary N) is 1. The van der Waals surface area contributed by atoms with E-state index in [1.54, 1.807) is 6.07 Å². The van der Waals surface area contributed by atoms with E-state index >= 15 is 0 Å². The third-order valence-electron chi connectivity index (χ3n) is 4.39. The Kier molecular flexibility index (Phi) is 8.49. The molecule has 0 fully saturated rings. The molecule has 0 aliphatic rings. The molecule has 0 bridgehead atoms. The summed E-state index contributed by atoms with van der Waals surface area (Å²) in [7, 11) is -2.65. The molecular weight excluding hydrogens is 412 g/mol. The molecule has 0 spiro atoms. The lowest BCUT2D eigenvalue weighted by molar-refractivity contribution is -0.122. The number of halogens is 1. The monoisotopic (exact) mass is 438 g/mol. The van der Waals surface area contributed by atoms with Gasteiger partial charge in [-0.2, -0.15) is 4.31 Å². The largest absolute Gasteiger partial charge is 0.495 e. The number of rotatable bonds is 10. The minimum atomic E-state index is -4.04. The number of sulfonamides is 1. The zero-order valence-electron chi connectivity index (χ0n) is 16.9. The van der Waals surface area contributed by atoms with Crippen LogP contribution in [0, 0.1) is 0 Å². The summed E-state index contributed by atoms with van der Waals surface area (Å²) < 4.78 is 33.2. The van der Waals surface area contributed by atoms with Crippen LogP contribution in [0.15, 0.2) is 53.4 Å². The Labute approximate surface area is 177 Å². The quantitative estimate of drug-likeness (QED) is 0.611. The van der Waals surface area contributed by atoms with E-state index in [-0.39, 0.29) is 40.7 Å². The minimum Gasteiger partial charge on any atom is -0.495 e. The van der Waals surface area contributed by atoms with Gasteiger partial charge in [0.15, 0.2) is 0 Å². The van der Waals surface area contributed by atoms with Crippen LogP contribution >= 0.6 is 11.6 Å². The van der Waals surface area contributed by atoms with Crippen LogP contribution in [0.5, 0.6) is 5.75 Å². The summed E-state index contributed by atoms with van der Waals surface area (Å²) in [4.78, 5) is 12.5. The fourth-order valence-electron chi connectivity index (χ4n) is 2.99. The van der Waals surface area contributed by atoms with Crippen LogP contribution in [0.1, 0.15) is 32.3 Å². The molecule has 0 saturated carbocycles. The van der Waals surface area contributed by atoms with Crippen LogP contribution in [0.3, 0.4) is 0 Å². The van der Waals surface area contributed by atoms with Crippen LogP contribution in [0.4, 0.5) is 0 Å². The number of benzene rings is 2. The molecule has 2 aromatic rings. The van der Waals surface area contributed by atoms with Gasteiger partial charge in [-0.3, -0.25) is 4.79 Å². The summed E-state index contributed by atoms with van der Waals surface area (Å²) in [6.45, 7) is 3.67. The van der Waals surface area contributed by atoms with Gasteiger partial charge in [0, 0.05) is 17.6 Å². The number of hydrogen-bond donors (Lipinski definition) is 1. The number of carbonyl (C=O) groups is 1. The van der Waals surface area contributed by atoms with Crippen molar-refractivity contribution < 1.29 is 17.9 Å². The summed E-state index contributed by atoms with van der Waals surface area (Å²) in [5, 5.41) is 3.13. The van der Waals surface area contributed by atoms with Crippen molar-refractivity contribution in [3.8, 4) is 5.75 Å². The van der Waals surface area contributed by atoms with E-state index in [9.17, 15) is 13.2 Å². The van der Waals surface area contributed by atoms with Crippen molar-refractivity contribution in [2.45, 2.75) is 44.2 Å². The summed E-state index contributed by atoms with van der Waals surface area (Å²) >= 11 is 6.04. The first kappa shape index (κ1) is 23.2. The van der Waals surface area contributed by atoms with Gasteiger partial charge in [0.05, 0.1) is 13.7 Å². The van der Waals surface area contributed by atoms with Gasteiger partial charge in [-0.1, -0.05) is 55.3 Å². The molecule has 1 atom stereocenters. The molecule has 0 unspecified atom stereocenters. The highest BCUT2D eigenvalue weighted by Crippen LogP contribution is 2.30. The predicted octanol–water partition coefficient (Wildman–Crippen LogP) is 3.84. The molecule has 29 heavy (non-hydrogen) atoms. The van der Waals surface area contributed by atoms with Crippen molar-refractivity contribution >= 4 is 27.5 Å². The van der Waals surface area contributed by atoms with Crippen molar-refractivity contribution in [3.05, 3.63) is 59.1 Å². The van der Waals surface area contributed by atoms with Gasteiger partial charge in [0.1, 0.15) is 10.6 Å². The molecule has 8 heteroatoms. The molecule has 0 radical (unpaired) electrons. The van der Waals surface area contributed by atoms with Crippen LogP contribution in [0.2, 0.25) is 5.02 Å². The average molecular weight is 439 g/mol. The topological polar surface area (TPSA) is 75.7 Å². The molecule has 6 nitrogen and oxygen atoms in total. The second-order valence-electron chi connectivity index (χ2n) is 6.81. The lowest BCUT2D eigenvalue weighted by Crippen LogP contribution is -2.43. The molecule has 0 aromatic heterocycles. The minimum absolute atomic E-state index is 0.0329. The van der Waals surface area contributed by atoms with Gasteiger partial charge >= 0.3 is 0 Å². The van der Waals surface area contributed by atoms with Crippen LogP contribution in [0.25, 0.3) is 0 Å². The van der Waals surface area contributed by atoms with E-state index in [0.29, 0.717) is 0 Å². The number of carbonyl (C=O) groups excluding carboxylic acids is 1. The molecule has 2 rings (SSSR count). The Bertz CT molecular complexity index is 920. The van der Waals surface area contributed by atoms with Gasteiger partial charge in [0.2, 0.25) is 15.9 Å². The molecular formula is C21H27ClN2O4S. The molecule has 1 amide bonds. The fraction of sp³-hybridized carbons (Fsp3) is 0.381. The van der Waals surface area contributed by atoms with Gasteiger partial charge in [0.25, 0.3) is 0 Å². The smallest absolute Gasteiger partial charge is 0.247 e. The third kappa shape index (κ3) is 6.45. The summed E-state index contributed by atoms with van der Waals surface area (Å²) in [6, 6.07) is 13.5. The zero-order chi connectivity index (χ0) is 21.4. The number of ether oxygens (including phenoxy) is 1. The van der Waals surface area contributed by atoms with E-state index in [0.717, 1.165) is 22.7 Å². The average Bonchev–Trinajstić information content (AvgIpc) is 2.68. The molecule has 0 aliphatic carbocycles. The Morgan fingerprint density at radius 1 is 1.21 bits per heavy atom. The van der Waals surface area contributed by atoms with Crippen molar-refractivity contribution in [3.63, 3.8) is 0 Å². The summed E-state index contributed by atoms with van der Waals surface area (Å²) in [6.07, 6.45) is 1.74. The molecule has 0 heterocycles. The van der Waals surface area contributed by atoms with Crippen molar-refractivity contribution in [2.75, 3.05) is 13.7 Å². The Balaban J connectivity index is 2.38. The van der Waals surface area contributed by atoms with Gasteiger partial charge < -0.3 is 10.1 Å². The first-order valence-corrected chi connectivity index (χ1v) is 11.3. The highest BCUT2D eigenvalue weighted by molar-refractivity contribution is 7.89. The number of nitrogens with zero attached hydrogens (tertiary/aromatic N) is 1. The van der Waals surface area contributed by atoms with E-state index < -0.39 is 10.0 Å². The number of amides is 1. The summed E-state index contributed by atoms with van der Waals surface area (Å²) in [5.41, 5.74) is 0.770. The van der Waals surface area contributed by atoms with Crippen molar-refractivity contribution in [1.29, 1.82) is 0 Å². The normalized spacial score (nSPS) is 12.6. The predicted molar refractivity (Wildman–Crippen MR) is 115 cm³/mol. The maximum Gasteiger partial charge on any atom is 0.247 e. The van der Waals surface area contributed by atoms with Crippen molar-refractivity contribution in [2.24, 2.45) is 0 Å². The first-order chi connectivity index (χ1) is 13.8. The first-order valence-electron chi connectivity index (χ1n) is 9.45. The lowest BCUT2D eigenvalue weighted by Gasteiger charge is -2.24. The molecule has 0 aliphatic heterocycles. The summed E-state index contributed by atoms with van der Waals surface area (Å²) in [5.74, 6) is -0.182. The van der Waals surface area contributed by atoms with E-state index in [1.165, 1.54) is 19.2 Å². The number of methoxy groups -OCH3 is 1.